The van der Waals surface area contributed by atoms with E-state index >= 15 is 0 Å². The molecule has 1 amide bonds. The highest BCUT2D eigenvalue weighted by atomic mass is 16.5. The molecule has 1 N–H and O–H groups in total. The van der Waals surface area contributed by atoms with Crippen LogP contribution in [0.1, 0.15) is 10.5 Å². The number of aromatic nitrogens is 4. The standard InChI is InChI=1S/C20H22N6O4/c1-28-16-4-3-14(9-17(16)29-2)24-20(27)15-11-26(13-23-15)19-10-18(21-12-22-19)25-5-7-30-8-6-25/h3-4,9-13H,5-8H2,1-2H3,(H,24,27). The van der Waals surface area contributed by atoms with Gasteiger partial charge in [-0.25, -0.2) is 15.0 Å². The lowest BCUT2D eigenvalue weighted by atomic mass is 10.2. The van der Waals surface area contributed by atoms with Crippen molar-refractivity contribution in [2.24, 2.45) is 0 Å². The molecule has 4 rings (SSSR count). The van der Waals surface area contributed by atoms with Gasteiger partial charge in [0, 0.05) is 37.1 Å². The molecule has 3 heterocycles. The van der Waals surface area contributed by atoms with Crippen LogP contribution in [0.5, 0.6) is 11.5 Å². The number of ether oxygens (including phenoxy) is 3. The van der Waals surface area contributed by atoms with Crippen molar-refractivity contribution in [3.63, 3.8) is 0 Å². The SMILES string of the molecule is COc1ccc(NC(=O)c2cn(-c3cc(N4CCOCC4)ncn3)cn2)cc1OC. The maximum Gasteiger partial charge on any atom is 0.275 e. The third-order valence-corrected chi connectivity index (χ3v) is 4.69. The van der Waals surface area contributed by atoms with Crippen LogP contribution in [-0.2, 0) is 4.74 Å². The first-order valence-electron chi connectivity index (χ1n) is 9.40. The molecule has 1 aliphatic rings. The zero-order valence-corrected chi connectivity index (χ0v) is 16.7. The Labute approximate surface area is 173 Å². The van der Waals surface area contributed by atoms with Crippen molar-refractivity contribution in [3.05, 3.63) is 48.8 Å². The third-order valence-electron chi connectivity index (χ3n) is 4.69. The van der Waals surface area contributed by atoms with Gasteiger partial charge in [-0.3, -0.25) is 9.36 Å². The smallest absolute Gasteiger partial charge is 0.275 e. The Morgan fingerprint density at radius 3 is 2.57 bits per heavy atom. The van der Waals surface area contributed by atoms with E-state index in [1.54, 1.807) is 42.4 Å². The van der Waals surface area contributed by atoms with Crippen LogP contribution in [0.15, 0.2) is 43.1 Å². The number of anilines is 2. The number of nitrogens with zero attached hydrogens (tertiary/aromatic N) is 5. The van der Waals surface area contributed by atoms with E-state index in [-0.39, 0.29) is 11.6 Å². The normalized spacial score (nSPS) is 13.7. The Kier molecular flexibility index (Phi) is 5.75. The second kappa shape index (κ2) is 8.78. The first-order valence-corrected chi connectivity index (χ1v) is 9.40. The van der Waals surface area contributed by atoms with Gasteiger partial charge >= 0.3 is 0 Å². The summed E-state index contributed by atoms with van der Waals surface area (Å²) in [5.41, 5.74) is 0.833. The third kappa shape index (κ3) is 4.18. The van der Waals surface area contributed by atoms with Gasteiger partial charge in [-0.05, 0) is 12.1 Å². The lowest BCUT2D eigenvalue weighted by Crippen LogP contribution is -2.36. The minimum Gasteiger partial charge on any atom is -0.493 e. The molecule has 1 fully saturated rings. The summed E-state index contributed by atoms with van der Waals surface area (Å²) >= 11 is 0. The Hall–Kier alpha value is -3.66. The average Bonchev–Trinajstić information content (AvgIpc) is 3.30. The van der Waals surface area contributed by atoms with Gasteiger partial charge in [0.25, 0.3) is 5.91 Å². The van der Waals surface area contributed by atoms with Crippen molar-refractivity contribution < 1.29 is 19.0 Å². The summed E-state index contributed by atoms with van der Waals surface area (Å²) in [6.45, 7) is 2.90. The first kappa shape index (κ1) is 19.6. The molecular formula is C20H22N6O4. The number of carbonyl (C=O) groups excluding carboxylic acids is 1. The van der Waals surface area contributed by atoms with Crippen molar-refractivity contribution in [1.29, 1.82) is 0 Å². The van der Waals surface area contributed by atoms with Gasteiger partial charge in [-0.2, -0.15) is 0 Å². The molecule has 1 aliphatic heterocycles. The van der Waals surface area contributed by atoms with E-state index in [0.29, 0.717) is 36.2 Å². The molecule has 0 unspecified atom stereocenters. The van der Waals surface area contributed by atoms with Gasteiger partial charge in [-0.1, -0.05) is 0 Å². The highest BCUT2D eigenvalue weighted by molar-refractivity contribution is 6.02. The largest absolute Gasteiger partial charge is 0.493 e. The zero-order valence-electron chi connectivity index (χ0n) is 16.7. The van der Waals surface area contributed by atoms with E-state index in [1.807, 2.05) is 6.07 Å². The maximum absolute atomic E-state index is 12.6. The Morgan fingerprint density at radius 1 is 1.03 bits per heavy atom. The summed E-state index contributed by atoms with van der Waals surface area (Å²) in [5.74, 6) is 2.21. The number of nitrogens with one attached hydrogen (secondary N) is 1. The highest BCUT2D eigenvalue weighted by Gasteiger charge is 2.15. The quantitative estimate of drug-likeness (QED) is 0.656. The summed E-state index contributed by atoms with van der Waals surface area (Å²) in [5, 5.41) is 2.81. The Balaban J connectivity index is 1.49. The molecule has 0 saturated carbocycles. The predicted octanol–water partition coefficient (Wildman–Crippen LogP) is 1.77. The monoisotopic (exact) mass is 410 g/mol. The maximum atomic E-state index is 12.6. The van der Waals surface area contributed by atoms with E-state index in [4.69, 9.17) is 14.2 Å². The van der Waals surface area contributed by atoms with Crippen LogP contribution in [0.4, 0.5) is 11.5 Å². The van der Waals surface area contributed by atoms with Crippen molar-refractivity contribution in [2.75, 3.05) is 50.7 Å². The van der Waals surface area contributed by atoms with Crippen molar-refractivity contribution in [2.45, 2.75) is 0 Å². The zero-order chi connectivity index (χ0) is 20.9. The van der Waals surface area contributed by atoms with Crippen LogP contribution < -0.4 is 19.7 Å². The molecule has 156 valence electrons. The van der Waals surface area contributed by atoms with Gasteiger partial charge in [0.15, 0.2) is 11.5 Å². The summed E-state index contributed by atoms with van der Waals surface area (Å²) < 4.78 is 17.5. The van der Waals surface area contributed by atoms with Crippen LogP contribution in [0.3, 0.4) is 0 Å². The molecule has 0 spiro atoms. The van der Waals surface area contributed by atoms with Gasteiger partial charge in [-0.15, -0.1) is 0 Å². The Bertz CT molecular complexity index is 1030. The molecule has 10 nitrogen and oxygen atoms in total. The molecule has 3 aromatic rings. The van der Waals surface area contributed by atoms with E-state index in [0.717, 1.165) is 18.9 Å². The number of rotatable bonds is 6. The number of benzene rings is 1. The number of methoxy groups -OCH3 is 2. The van der Waals surface area contributed by atoms with E-state index in [2.05, 4.69) is 25.2 Å². The molecule has 1 saturated heterocycles. The molecule has 0 aliphatic carbocycles. The van der Waals surface area contributed by atoms with E-state index < -0.39 is 0 Å². The van der Waals surface area contributed by atoms with Crippen LogP contribution in [0.25, 0.3) is 5.82 Å². The van der Waals surface area contributed by atoms with Crippen molar-refractivity contribution >= 4 is 17.4 Å². The molecule has 0 atom stereocenters. The summed E-state index contributed by atoms with van der Waals surface area (Å²) in [6.07, 6.45) is 4.68. The van der Waals surface area contributed by atoms with Crippen LogP contribution in [-0.4, -0.2) is 65.9 Å². The second-order valence-corrected chi connectivity index (χ2v) is 6.52. The molecule has 0 bridgehead atoms. The Morgan fingerprint density at radius 2 is 1.80 bits per heavy atom. The summed E-state index contributed by atoms with van der Waals surface area (Å²) in [7, 11) is 3.10. The van der Waals surface area contributed by atoms with Crippen molar-refractivity contribution in [1.82, 2.24) is 19.5 Å². The number of imidazole rings is 1. The minimum absolute atomic E-state index is 0.260. The highest BCUT2D eigenvalue weighted by Crippen LogP contribution is 2.29. The van der Waals surface area contributed by atoms with Gasteiger partial charge in [0.2, 0.25) is 0 Å². The van der Waals surface area contributed by atoms with Gasteiger partial charge in [0.1, 0.15) is 30.0 Å². The molecule has 2 aromatic heterocycles. The summed E-state index contributed by atoms with van der Waals surface area (Å²) in [6, 6.07) is 7.01. The second-order valence-electron chi connectivity index (χ2n) is 6.52. The summed E-state index contributed by atoms with van der Waals surface area (Å²) in [4.78, 5) is 27.6. The molecule has 30 heavy (non-hydrogen) atoms. The van der Waals surface area contributed by atoms with Gasteiger partial charge < -0.3 is 24.4 Å². The fourth-order valence-electron chi connectivity index (χ4n) is 3.12. The number of carbonyl (C=O) groups is 1. The first-order chi connectivity index (χ1) is 14.7. The number of amides is 1. The van der Waals surface area contributed by atoms with Crippen molar-refractivity contribution in [3.8, 4) is 17.3 Å². The fraction of sp³-hybridized carbons (Fsp3) is 0.300. The van der Waals surface area contributed by atoms with Crippen LogP contribution in [0, 0.1) is 0 Å². The van der Waals surface area contributed by atoms with E-state index in [9.17, 15) is 4.79 Å². The molecule has 0 radical (unpaired) electrons. The number of hydrogen-bond acceptors (Lipinski definition) is 8. The number of hydrogen-bond donors (Lipinski definition) is 1. The molecule has 1 aromatic carbocycles. The van der Waals surface area contributed by atoms with Crippen LogP contribution >= 0.6 is 0 Å². The van der Waals surface area contributed by atoms with Crippen LogP contribution in [0.2, 0.25) is 0 Å². The molecule has 10 heteroatoms. The number of morpholine rings is 1. The predicted molar refractivity (Wildman–Crippen MR) is 110 cm³/mol. The van der Waals surface area contributed by atoms with Gasteiger partial charge in [0.05, 0.1) is 27.4 Å². The fourth-order valence-corrected chi connectivity index (χ4v) is 3.12. The van der Waals surface area contributed by atoms with E-state index in [1.165, 1.54) is 13.4 Å². The average molecular weight is 410 g/mol. The lowest BCUT2D eigenvalue weighted by molar-refractivity contribution is 0.102. The molecular weight excluding hydrogens is 388 g/mol. The lowest BCUT2D eigenvalue weighted by Gasteiger charge is -2.27. The topological polar surface area (TPSA) is 104 Å². The minimum atomic E-state index is -0.344.